The maximum atomic E-state index is 12.6. The van der Waals surface area contributed by atoms with Gasteiger partial charge in [-0.25, -0.2) is 4.79 Å². The van der Waals surface area contributed by atoms with Crippen LogP contribution >= 0.6 is 0 Å². The number of carbonyl (C=O) groups is 1. The highest BCUT2D eigenvalue weighted by molar-refractivity contribution is 6.21. The highest BCUT2D eigenvalue weighted by atomic mass is 19.4. The molecule has 2 aromatic rings. The molecule has 0 amide bonds. The molecule has 6 heteroatoms. The van der Waals surface area contributed by atoms with Crippen LogP contribution in [0.15, 0.2) is 42.5 Å². The molecular weight excluding hydrogens is 321 g/mol. The molecule has 0 aliphatic rings. The number of alkyl halides is 3. The zero-order chi connectivity index (χ0) is 17.9. The monoisotopic (exact) mass is 336 g/mol. The molecule has 24 heavy (non-hydrogen) atoms. The van der Waals surface area contributed by atoms with Crippen LogP contribution in [0.2, 0.25) is 0 Å². The van der Waals surface area contributed by atoms with Gasteiger partial charge in [0.15, 0.2) is 0 Å². The lowest BCUT2D eigenvalue weighted by Gasteiger charge is -2.11. The first-order valence-corrected chi connectivity index (χ1v) is 6.99. The van der Waals surface area contributed by atoms with Gasteiger partial charge in [-0.3, -0.25) is 0 Å². The summed E-state index contributed by atoms with van der Waals surface area (Å²) in [6.07, 6.45) is -3.11. The van der Waals surface area contributed by atoms with Crippen molar-refractivity contribution in [2.24, 2.45) is 0 Å². The molecule has 0 saturated heterocycles. The average Bonchev–Trinajstić information content (AvgIpc) is 2.52. The van der Waals surface area contributed by atoms with E-state index in [0.29, 0.717) is 16.9 Å². The zero-order valence-corrected chi connectivity index (χ0v) is 13.0. The molecule has 1 N–H and O–H groups in total. The number of hydrogen-bond acceptors (Lipinski definition) is 2. The van der Waals surface area contributed by atoms with Crippen molar-refractivity contribution < 1.29 is 27.8 Å². The molecule has 0 heterocycles. The zero-order valence-electron chi connectivity index (χ0n) is 13.0. The number of benzene rings is 2. The predicted molar refractivity (Wildman–Crippen MR) is 84.7 cm³/mol. The maximum Gasteiger partial charge on any atom is 0.416 e. The Labute approximate surface area is 137 Å². The van der Waals surface area contributed by atoms with Gasteiger partial charge < -0.3 is 9.84 Å². The Morgan fingerprint density at radius 2 is 1.75 bits per heavy atom. The van der Waals surface area contributed by atoms with Crippen LogP contribution in [0.4, 0.5) is 13.2 Å². The van der Waals surface area contributed by atoms with Crippen molar-refractivity contribution in [3.05, 3.63) is 64.7 Å². The molecule has 0 unspecified atom stereocenters. The summed E-state index contributed by atoms with van der Waals surface area (Å²) in [6.45, 7) is 1.81. The van der Waals surface area contributed by atoms with Gasteiger partial charge in [-0.1, -0.05) is 23.8 Å². The molecule has 0 aliphatic heterocycles. The van der Waals surface area contributed by atoms with E-state index in [1.54, 1.807) is 25.1 Å². The molecule has 0 atom stereocenters. The molecule has 0 fully saturated rings. The smallest absolute Gasteiger partial charge is 0.416 e. The van der Waals surface area contributed by atoms with Crippen LogP contribution in [-0.4, -0.2) is 18.2 Å². The van der Waals surface area contributed by atoms with Gasteiger partial charge in [0.2, 0.25) is 0 Å². The van der Waals surface area contributed by atoms with Crippen LogP contribution in [-0.2, 0) is 11.0 Å². The first-order valence-electron chi connectivity index (χ1n) is 6.99. The molecule has 0 aromatic heterocycles. The van der Waals surface area contributed by atoms with Crippen LogP contribution in [0.1, 0.15) is 22.3 Å². The van der Waals surface area contributed by atoms with E-state index >= 15 is 0 Å². The van der Waals surface area contributed by atoms with E-state index in [0.717, 1.165) is 17.7 Å². The Kier molecular flexibility index (Phi) is 4.97. The minimum Gasteiger partial charge on any atom is -0.496 e. The lowest BCUT2D eigenvalue weighted by atomic mass is 9.99. The molecule has 126 valence electrons. The van der Waals surface area contributed by atoms with Crippen molar-refractivity contribution >= 4 is 17.6 Å². The second-order valence-corrected chi connectivity index (χ2v) is 5.19. The van der Waals surface area contributed by atoms with Crippen molar-refractivity contribution in [3.8, 4) is 5.75 Å². The number of halogens is 3. The first kappa shape index (κ1) is 17.6. The molecule has 3 nitrogen and oxygen atoms in total. The van der Waals surface area contributed by atoms with Gasteiger partial charge in [0.1, 0.15) is 5.75 Å². The Hall–Kier alpha value is -2.76. The van der Waals surface area contributed by atoms with Gasteiger partial charge in [-0.2, -0.15) is 13.2 Å². The summed E-state index contributed by atoms with van der Waals surface area (Å²) in [5.74, 6) is -0.819. The molecule has 2 rings (SSSR count). The molecule has 0 aliphatic carbocycles. The minimum absolute atomic E-state index is 0.0599. The number of hydrogen-bond donors (Lipinski definition) is 1. The third-order valence-corrected chi connectivity index (χ3v) is 3.42. The van der Waals surface area contributed by atoms with Crippen molar-refractivity contribution in [1.82, 2.24) is 0 Å². The summed E-state index contributed by atoms with van der Waals surface area (Å²) in [6, 6.07) is 9.37. The molecule has 2 aromatic carbocycles. The van der Waals surface area contributed by atoms with Crippen LogP contribution in [0.3, 0.4) is 0 Å². The third kappa shape index (κ3) is 3.95. The van der Waals surface area contributed by atoms with Crippen molar-refractivity contribution in [3.63, 3.8) is 0 Å². The SMILES string of the molecule is COc1ccc(C)cc1/C(=C/c1ccc(C(F)(F)F)cc1)C(=O)O. The van der Waals surface area contributed by atoms with Gasteiger partial charge in [0, 0.05) is 5.56 Å². The maximum absolute atomic E-state index is 12.6. The van der Waals surface area contributed by atoms with E-state index in [-0.39, 0.29) is 5.57 Å². The number of rotatable bonds is 4. The summed E-state index contributed by atoms with van der Waals surface area (Å²) in [4.78, 5) is 11.6. The van der Waals surface area contributed by atoms with E-state index in [1.165, 1.54) is 25.3 Å². The fraction of sp³-hybridized carbons (Fsp3) is 0.167. The first-order chi connectivity index (χ1) is 11.2. The van der Waals surface area contributed by atoms with E-state index in [1.807, 2.05) is 0 Å². The summed E-state index contributed by atoms with van der Waals surface area (Å²) in [7, 11) is 1.42. The van der Waals surface area contributed by atoms with Crippen molar-refractivity contribution in [2.45, 2.75) is 13.1 Å². The topological polar surface area (TPSA) is 46.5 Å². The minimum atomic E-state index is -4.43. The van der Waals surface area contributed by atoms with Crippen LogP contribution in [0.25, 0.3) is 11.6 Å². The molecule has 0 saturated carbocycles. The lowest BCUT2D eigenvalue weighted by molar-refractivity contribution is -0.137. The summed E-state index contributed by atoms with van der Waals surface area (Å²) in [5.41, 5.74) is 0.708. The fourth-order valence-electron chi connectivity index (χ4n) is 2.22. The predicted octanol–water partition coefficient (Wildman–Crippen LogP) is 4.65. The third-order valence-electron chi connectivity index (χ3n) is 3.42. The standard InChI is InChI=1S/C18H15F3O3/c1-11-3-8-16(24-2)14(9-11)15(17(22)23)10-12-4-6-13(7-5-12)18(19,20)21/h3-10H,1-2H3,(H,22,23)/b15-10-. The molecular formula is C18H15F3O3. The van der Waals surface area contributed by atoms with Crippen LogP contribution < -0.4 is 4.74 Å². The Morgan fingerprint density at radius 1 is 1.12 bits per heavy atom. The normalized spacial score (nSPS) is 12.1. The summed E-state index contributed by atoms with van der Waals surface area (Å²) < 4.78 is 43.0. The van der Waals surface area contributed by atoms with Gasteiger partial charge >= 0.3 is 12.1 Å². The highest BCUT2D eigenvalue weighted by Gasteiger charge is 2.29. The van der Waals surface area contributed by atoms with Gasteiger partial charge in [-0.15, -0.1) is 0 Å². The number of ether oxygens (including phenoxy) is 1. The van der Waals surface area contributed by atoms with Crippen LogP contribution in [0.5, 0.6) is 5.75 Å². The average molecular weight is 336 g/mol. The van der Waals surface area contributed by atoms with E-state index in [2.05, 4.69) is 0 Å². The van der Waals surface area contributed by atoms with E-state index in [4.69, 9.17) is 4.74 Å². The number of carboxylic acids is 1. The second-order valence-electron chi connectivity index (χ2n) is 5.19. The van der Waals surface area contributed by atoms with Crippen molar-refractivity contribution in [1.29, 1.82) is 0 Å². The second kappa shape index (κ2) is 6.78. The fourth-order valence-corrected chi connectivity index (χ4v) is 2.22. The number of aliphatic carboxylic acids is 1. The molecule has 0 bridgehead atoms. The number of methoxy groups -OCH3 is 1. The van der Waals surface area contributed by atoms with Gasteiger partial charge in [0.25, 0.3) is 0 Å². The summed E-state index contributed by atoms with van der Waals surface area (Å²) >= 11 is 0. The lowest BCUT2D eigenvalue weighted by Crippen LogP contribution is -2.04. The molecule has 0 spiro atoms. The quantitative estimate of drug-likeness (QED) is 0.653. The van der Waals surface area contributed by atoms with Gasteiger partial charge in [-0.05, 0) is 42.8 Å². The molecule has 0 radical (unpaired) electrons. The summed E-state index contributed by atoms with van der Waals surface area (Å²) in [5, 5.41) is 9.48. The number of carboxylic acid groups (broad SMARTS) is 1. The number of aryl methyl sites for hydroxylation is 1. The Bertz CT molecular complexity index is 775. The van der Waals surface area contributed by atoms with Gasteiger partial charge in [0.05, 0.1) is 18.2 Å². The Balaban J connectivity index is 2.50. The largest absolute Gasteiger partial charge is 0.496 e. The van der Waals surface area contributed by atoms with E-state index < -0.39 is 17.7 Å². The highest BCUT2D eigenvalue weighted by Crippen LogP contribution is 2.31. The van der Waals surface area contributed by atoms with Crippen LogP contribution in [0, 0.1) is 6.92 Å². The van der Waals surface area contributed by atoms with E-state index in [9.17, 15) is 23.1 Å². The van der Waals surface area contributed by atoms with Crippen molar-refractivity contribution in [2.75, 3.05) is 7.11 Å². The Morgan fingerprint density at radius 3 is 2.25 bits per heavy atom.